The maximum Gasteiger partial charge on any atom is 0.0763 e. The average Bonchev–Trinajstić information content (AvgIpc) is 2.70. The van der Waals surface area contributed by atoms with Crippen LogP contribution in [-0.2, 0) is 0 Å². The first-order valence-corrected chi connectivity index (χ1v) is 7.13. The number of benzene rings is 1. The maximum absolute atomic E-state index is 4.54. The van der Waals surface area contributed by atoms with Crippen LogP contribution in [0.3, 0.4) is 0 Å². The van der Waals surface area contributed by atoms with Crippen LogP contribution in [0.15, 0.2) is 41.5 Å². The number of rotatable bonds is 3. The molecule has 0 N–H and O–H groups in total. The molecule has 0 spiro atoms. The van der Waals surface area contributed by atoms with Crippen LogP contribution >= 0.6 is 22.6 Å². The third-order valence-electron chi connectivity index (χ3n) is 2.83. The predicted octanol–water partition coefficient (Wildman–Crippen LogP) is 4.73. The molecule has 2 rings (SSSR count). The fourth-order valence-corrected chi connectivity index (χ4v) is 2.47. The lowest BCUT2D eigenvalue weighted by Crippen LogP contribution is -2.00. The van der Waals surface area contributed by atoms with Crippen LogP contribution < -0.4 is 0 Å². The van der Waals surface area contributed by atoms with E-state index in [1.54, 1.807) is 0 Å². The van der Waals surface area contributed by atoms with Crippen molar-refractivity contribution < 1.29 is 0 Å². The van der Waals surface area contributed by atoms with E-state index in [9.17, 15) is 0 Å². The molecule has 0 atom stereocenters. The van der Waals surface area contributed by atoms with Crippen molar-refractivity contribution in [2.45, 2.75) is 26.8 Å². The van der Waals surface area contributed by atoms with Crippen molar-refractivity contribution >= 4 is 34.5 Å². The zero-order chi connectivity index (χ0) is 13.1. The molecule has 0 aliphatic carbocycles. The molecule has 0 aliphatic rings. The standard InChI is InChI=1S/C15H17IN2/c1-11(2)18-10-13(8-12(18)3)9-17-15-7-5-4-6-14(15)16/h4-11H,1-3H3. The average molecular weight is 352 g/mol. The Morgan fingerprint density at radius 1 is 1.28 bits per heavy atom. The topological polar surface area (TPSA) is 17.3 Å². The summed E-state index contributed by atoms with van der Waals surface area (Å²) in [5.74, 6) is 0. The molecule has 0 unspecified atom stereocenters. The summed E-state index contributed by atoms with van der Waals surface area (Å²) in [6.45, 7) is 6.51. The SMILES string of the molecule is Cc1cc(C=Nc2ccccc2I)cn1C(C)C. The van der Waals surface area contributed by atoms with E-state index in [-0.39, 0.29) is 0 Å². The molecule has 94 valence electrons. The number of para-hydroxylation sites is 1. The maximum atomic E-state index is 4.54. The number of aryl methyl sites for hydroxylation is 1. The molecule has 0 aliphatic heterocycles. The number of aromatic nitrogens is 1. The molecule has 18 heavy (non-hydrogen) atoms. The smallest absolute Gasteiger partial charge is 0.0763 e. The summed E-state index contributed by atoms with van der Waals surface area (Å²) in [6, 6.07) is 10.8. The minimum atomic E-state index is 0.490. The van der Waals surface area contributed by atoms with Crippen LogP contribution in [0.4, 0.5) is 5.69 Å². The minimum absolute atomic E-state index is 0.490. The van der Waals surface area contributed by atoms with Crippen LogP contribution in [0.2, 0.25) is 0 Å². The fraction of sp³-hybridized carbons (Fsp3) is 0.267. The zero-order valence-corrected chi connectivity index (χ0v) is 13.0. The van der Waals surface area contributed by atoms with E-state index >= 15 is 0 Å². The highest BCUT2D eigenvalue weighted by molar-refractivity contribution is 14.1. The van der Waals surface area contributed by atoms with E-state index in [4.69, 9.17) is 0 Å². The summed E-state index contributed by atoms with van der Waals surface area (Å²) < 4.78 is 3.43. The minimum Gasteiger partial charge on any atom is -0.349 e. The molecule has 3 heteroatoms. The molecule has 2 aromatic rings. The van der Waals surface area contributed by atoms with Gasteiger partial charge in [-0.1, -0.05) is 12.1 Å². The number of hydrogen-bond donors (Lipinski definition) is 0. The zero-order valence-electron chi connectivity index (χ0n) is 10.9. The van der Waals surface area contributed by atoms with Gasteiger partial charge in [-0.3, -0.25) is 4.99 Å². The lowest BCUT2D eigenvalue weighted by molar-refractivity contribution is 0.589. The second-order valence-electron chi connectivity index (χ2n) is 4.63. The fourth-order valence-electron chi connectivity index (χ4n) is 1.94. The Hall–Kier alpha value is -1.10. The van der Waals surface area contributed by atoms with Crippen molar-refractivity contribution in [1.82, 2.24) is 4.57 Å². The van der Waals surface area contributed by atoms with Crippen LogP contribution in [0.5, 0.6) is 0 Å². The van der Waals surface area contributed by atoms with E-state index < -0.39 is 0 Å². The molecule has 1 heterocycles. The van der Waals surface area contributed by atoms with Gasteiger partial charge in [0.1, 0.15) is 0 Å². The van der Waals surface area contributed by atoms with Gasteiger partial charge in [-0.05, 0) is 61.6 Å². The van der Waals surface area contributed by atoms with Gasteiger partial charge in [0.05, 0.1) is 5.69 Å². The highest BCUT2D eigenvalue weighted by Crippen LogP contribution is 2.20. The highest BCUT2D eigenvalue weighted by atomic mass is 127. The Labute approximate surface area is 122 Å². The molecule has 0 radical (unpaired) electrons. The number of hydrogen-bond acceptors (Lipinski definition) is 1. The van der Waals surface area contributed by atoms with Gasteiger partial charge in [0.25, 0.3) is 0 Å². The molecule has 1 aromatic heterocycles. The molecule has 0 fully saturated rings. The summed E-state index contributed by atoms with van der Waals surface area (Å²) >= 11 is 2.31. The van der Waals surface area contributed by atoms with Crippen molar-refractivity contribution in [2.75, 3.05) is 0 Å². The normalized spacial score (nSPS) is 11.6. The molecular weight excluding hydrogens is 335 g/mol. The van der Waals surface area contributed by atoms with Crippen LogP contribution in [0.1, 0.15) is 31.1 Å². The summed E-state index contributed by atoms with van der Waals surface area (Å²) in [5, 5.41) is 0. The van der Waals surface area contributed by atoms with Gasteiger partial charge in [0, 0.05) is 33.3 Å². The lowest BCUT2D eigenvalue weighted by atomic mass is 10.3. The summed E-state index contributed by atoms with van der Waals surface area (Å²) in [6.07, 6.45) is 4.09. The first kappa shape index (κ1) is 13.3. The third kappa shape index (κ3) is 3.02. The van der Waals surface area contributed by atoms with Gasteiger partial charge in [-0.2, -0.15) is 0 Å². The summed E-state index contributed by atoms with van der Waals surface area (Å²) in [5.41, 5.74) is 3.45. The predicted molar refractivity (Wildman–Crippen MR) is 86.0 cm³/mol. The van der Waals surface area contributed by atoms with E-state index in [0.717, 1.165) is 11.3 Å². The molecule has 0 bridgehead atoms. The van der Waals surface area contributed by atoms with Crippen molar-refractivity contribution in [3.63, 3.8) is 0 Å². The van der Waals surface area contributed by atoms with Gasteiger partial charge >= 0.3 is 0 Å². The second-order valence-corrected chi connectivity index (χ2v) is 5.79. The van der Waals surface area contributed by atoms with Crippen LogP contribution in [0, 0.1) is 10.5 Å². The van der Waals surface area contributed by atoms with Gasteiger partial charge in [-0.15, -0.1) is 0 Å². The molecule has 0 saturated heterocycles. The Bertz CT molecular complexity index is 568. The quantitative estimate of drug-likeness (QED) is 0.561. The summed E-state index contributed by atoms with van der Waals surface area (Å²) in [4.78, 5) is 4.54. The molecule has 2 nitrogen and oxygen atoms in total. The number of halogens is 1. The van der Waals surface area contributed by atoms with Gasteiger partial charge in [0.15, 0.2) is 0 Å². The third-order valence-corrected chi connectivity index (χ3v) is 3.74. The van der Waals surface area contributed by atoms with Crippen molar-refractivity contribution in [3.8, 4) is 0 Å². The van der Waals surface area contributed by atoms with Gasteiger partial charge in [-0.25, -0.2) is 0 Å². The Morgan fingerprint density at radius 2 is 2.00 bits per heavy atom. The van der Waals surface area contributed by atoms with Crippen LogP contribution in [0.25, 0.3) is 0 Å². The highest BCUT2D eigenvalue weighted by Gasteiger charge is 2.03. The largest absolute Gasteiger partial charge is 0.349 e. The number of aliphatic imine (C=N–C) groups is 1. The lowest BCUT2D eigenvalue weighted by Gasteiger charge is -2.08. The molecule has 0 saturated carbocycles. The Kier molecular flexibility index (Phi) is 4.22. The van der Waals surface area contributed by atoms with E-state index in [2.05, 4.69) is 71.3 Å². The monoisotopic (exact) mass is 352 g/mol. The Balaban J connectivity index is 2.24. The van der Waals surface area contributed by atoms with Crippen molar-refractivity contribution in [3.05, 3.63) is 51.4 Å². The second kappa shape index (κ2) is 5.69. The Morgan fingerprint density at radius 3 is 2.61 bits per heavy atom. The van der Waals surface area contributed by atoms with Crippen molar-refractivity contribution in [2.24, 2.45) is 4.99 Å². The first-order chi connectivity index (χ1) is 8.58. The number of nitrogens with zero attached hydrogens (tertiary/aromatic N) is 2. The van der Waals surface area contributed by atoms with E-state index in [1.165, 1.54) is 9.26 Å². The van der Waals surface area contributed by atoms with E-state index in [0.29, 0.717) is 6.04 Å². The van der Waals surface area contributed by atoms with Gasteiger partial charge in [0.2, 0.25) is 0 Å². The van der Waals surface area contributed by atoms with E-state index in [1.807, 2.05) is 24.4 Å². The molecule has 0 amide bonds. The first-order valence-electron chi connectivity index (χ1n) is 6.05. The molecular formula is C15H17IN2. The summed E-state index contributed by atoms with van der Waals surface area (Å²) in [7, 11) is 0. The van der Waals surface area contributed by atoms with Gasteiger partial charge < -0.3 is 4.57 Å². The molecule has 1 aromatic carbocycles. The van der Waals surface area contributed by atoms with Crippen molar-refractivity contribution in [1.29, 1.82) is 0 Å². The van der Waals surface area contributed by atoms with Crippen LogP contribution in [-0.4, -0.2) is 10.8 Å².